The molecule has 0 aliphatic carbocycles. The maximum Gasteiger partial charge on any atom is 0.231 e. The first-order valence-corrected chi connectivity index (χ1v) is 7.16. The van der Waals surface area contributed by atoms with Gasteiger partial charge in [-0.25, -0.2) is 0 Å². The molecule has 0 saturated carbocycles. The molecule has 0 bridgehead atoms. The summed E-state index contributed by atoms with van der Waals surface area (Å²) < 4.78 is 5.47. The summed E-state index contributed by atoms with van der Waals surface area (Å²) in [5, 5.41) is 7.54. The van der Waals surface area contributed by atoms with Gasteiger partial charge in [0.05, 0.1) is 5.92 Å². The molecule has 0 fully saturated rings. The zero-order valence-corrected chi connectivity index (χ0v) is 13.1. The van der Waals surface area contributed by atoms with E-state index in [4.69, 9.17) is 4.52 Å². The highest BCUT2D eigenvalue weighted by molar-refractivity contribution is 5.00. The van der Waals surface area contributed by atoms with E-state index in [-0.39, 0.29) is 5.92 Å². The SMILES string of the molecule is CCNC(C)C(c1nc(CCN(C)C)no1)C(C)C. The van der Waals surface area contributed by atoms with Gasteiger partial charge in [-0.2, -0.15) is 4.98 Å². The fraction of sp³-hybridized carbons (Fsp3) is 0.857. The van der Waals surface area contributed by atoms with Gasteiger partial charge in [0, 0.05) is 19.0 Å². The molecule has 1 heterocycles. The van der Waals surface area contributed by atoms with Crippen LogP contribution in [0.15, 0.2) is 4.52 Å². The van der Waals surface area contributed by atoms with E-state index in [1.54, 1.807) is 0 Å². The fourth-order valence-corrected chi connectivity index (χ4v) is 2.35. The van der Waals surface area contributed by atoms with Gasteiger partial charge in [0.25, 0.3) is 0 Å². The molecule has 2 unspecified atom stereocenters. The molecule has 0 spiro atoms. The maximum absolute atomic E-state index is 5.47. The van der Waals surface area contributed by atoms with Gasteiger partial charge in [0.1, 0.15) is 0 Å². The van der Waals surface area contributed by atoms with Crippen LogP contribution in [-0.2, 0) is 6.42 Å². The third kappa shape index (κ3) is 4.91. The summed E-state index contributed by atoms with van der Waals surface area (Å²) in [5.74, 6) is 2.30. The number of nitrogens with zero attached hydrogens (tertiary/aromatic N) is 3. The van der Waals surface area contributed by atoms with E-state index in [0.29, 0.717) is 12.0 Å². The molecule has 5 nitrogen and oxygen atoms in total. The van der Waals surface area contributed by atoms with Crippen molar-refractivity contribution in [2.45, 2.75) is 46.1 Å². The minimum atomic E-state index is 0.264. The van der Waals surface area contributed by atoms with Crippen molar-refractivity contribution in [1.29, 1.82) is 0 Å². The van der Waals surface area contributed by atoms with Crippen molar-refractivity contribution in [3.63, 3.8) is 0 Å². The van der Waals surface area contributed by atoms with Crippen molar-refractivity contribution in [2.75, 3.05) is 27.2 Å². The highest BCUT2D eigenvalue weighted by Crippen LogP contribution is 2.26. The van der Waals surface area contributed by atoms with Crippen molar-refractivity contribution < 1.29 is 4.52 Å². The first kappa shape index (κ1) is 16.1. The molecule has 19 heavy (non-hydrogen) atoms. The molecule has 1 aromatic heterocycles. The third-order valence-corrected chi connectivity index (χ3v) is 3.33. The molecule has 0 amide bonds. The lowest BCUT2D eigenvalue weighted by molar-refractivity contribution is 0.280. The average molecular weight is 268 g/mol. The van der Waals surface area contributed by atoms with E-state index in [9.17, 15) is 0 Å². The highest BCUT2D eigenvalue weighted by atomic mass is 16.5. The van der Waals surface area contributed by atoms with Crippen LogP contribution < -0.4 is 5.32 Å². The number of aromatic nitrogens is 2. The predicted molar refractivity (Wildman–Crippen MR) is 77.3 cm³/mol. The molecule has 5 heteroatoms. The molecular weight excluding hydrogens is 240 g/mol. The van der Waals surface area contributed by atoms with E-state index >= 15 is 0 Å². The van der Waals surface area contributed by atoms with E-state index in [2.05, 4.69) is 48.1 Å². The van der Waals surface area contributed by atoms with Crippen LogP contribution in [-0.4, -0.2) is 48.3 Å². The number of rotatable bonds is 8. The average Bonchev–Trinajstić information content (AvgIpc) is 2.75. The Kier molecular flexibility index (Phi) is 6.45. The van der Waals surface area contributed by atoms with Crippen LogP contribution in [0.4, 0.5) is 0 Å². The van der Waals surface area contributed by atoms with E-state index in [0.717, 1.165) is 31.2 Å². The zero-order valence-electron chi connectivity index (χ0n) is 13.1. The topological polar surface area (TPSA) is 54.2 Å². The first-order valence-electron chi connectivity index (χ1n) is 7.16. The van der Waals surface area contributed by atoms with Gasteiger partial charge in [-0.05, 0) is 33.5 Å². The van der Waals surface area contributed by atoms with E-state index < -0.39 is 0 Å². The molecule has 110 valence electrons. The lowest BCUT2D eigenvalue weighted by Gasteiger charge is -2.24. The number of hydrogen-bond acceptors (Lipinski definition) is 5. The van der Waals surface area contributed by atoms with Crippen molar-refractivity contribution in [2.24, 2.45) is 5.92 Å². The zero-order chi connectivity index (χ0) is 14.4. The summed E-state index contributed by atoms with van der Waals surface area (Å²) in [6.45, 7) is 10.6. The van der Waals surface area contributed by atoms with Gasteiger partial charge in [0.15, 0.2) is 5.82 Å². The van der Waals surface area contributed by atoms with Gasteiger partial charge in [-0.3, -0.25) is 0 Å². The fourth-order valence-electron chi connectivity index (χ4n) is 2.35. The quantitative estimate of drug-likeness (QED) is 0.780. The summed E-state index contributed by atoms with van der Waals surface area (Å²) in [6.07, 6.45) is 0.830. The molecule has 0 saturated heterocycles. The number of nitrogens with one attached hydrogen (secondary N) is 1. The predicted octanol–water partition coefficient (Wildman–Crippen LogP) is 1.91. The Morgan fingerprint density at radius 1 is 1.26 bits per heavy atom. The molecule has 0 aliphatic rings. The second-order valence-electron chi connectivity index (χ2n) is 5.72. The van der Waals surface area contributed by atoms with E-state index in [1.807, 2.05) is 14.1 Å². The lowest BCUT2D eigenvalue weighted by atomic mass is 9.89. The lowest BCUT2D eigenvalue weighted by Crippen LogP contribution is -2.34. The molecule has 1 N–H and O–H groups in total. The standard InChI is InChI=1S/C14H28N4O/c1-7-15-11(4)13(10(2)3)14-16-12(17-19-14)8-9-18(5)6/h10-11,13,15H,7-9H2,1-6H3. The minimum absolute atomic E-state index is 0.264. The third-order valence-electron chi connectivity index (χ3n) is 3.33. The molecule has 2 atom stereocenters. The van der Waals surface area contributed by atoms with E-state index in [1.165, 1.54) is 0 Å². The van der Waals surface area contributed by atoms with Crippen LogP contribution in [0.5, 0.6) is 0 Å². The number of likely N-dealkylation sites (N-methyl/N-ethyl adjacent to an activating group) is 2. The summed E-state index contributed by atoms with van der Waals surface area (Å²) in [5.41, 5.74) is 0. The molecule has 0 aliphatic heterocycles. The first-order chi connectivity index (χ1) is 8.95. The summed E-state index contributed by atoms with van der Waals surface area (Å²) >= 11 is 0. The largest absolute Gasteiger partial charge is 0.339 e. The Morgan fingerprint density at radius 2 is 1.95 bits per heavy atom. The second-order valence-corrected chi connectivity index (χ2v) is 5.72. The van der Waals surface area contributed by atoms with Gasteiger partial charge >= 0.3 is 0 Å². The Labute approximate surface area is 116 Å². The molecule has 0 aromatic carbocycles. The summed E-state index contributed by atoms with van der Waals surface area (Å²) in [7, 11) is 4.09. The van der Waals surface area contributed by atoms with Crippen molar-refractivity contribution in [3.05, 3.63) is 11.7 Å². The van der Waals surface area contributed by atoms with Crippen LogP contribution in [0.3, 0.4) is 0 Å². The van der Waals surface area contributed by atoms with Crippen LogP contribution >= 0.6 is 0 Å². The smallest absolute Gasteiger partial charge is 0.231 e. The highest BCUT2D eigenvalue weighted by Gasteiger charge is 2.27. The molecule has 0 radical (unpaired) electrons. The van der Waals surface area contributed by atoms with Crippen molar-refractivity contribution >= 4 is 0 Å². The van der Waals surface area contributed by atoms with Crippen LogP contribution in [0.2, 0.25) is 0 Å². The van der Waals surface area contributed by atoms with Crippen LogP contribution in [0, 0.1) is 5.92 Å². The normalized spacial score (nSPS) is 15.2. The molecule has 1 rings (SSSR count). The Hall–Kier alpha value is -0.940. The van der Waals surface area contributed by atoms with Crippen molar-refractivity contribution in [3.8, 4) is 0 Å². The Bertz CT molecular complexity index is 362. The summed E-state index contributed by atoms with van der Waals surface area (Å²) in [6, 6.07) is 0.340. The van der Waals surface area contributed by atoms with Gasteiger partial charge in [-0.15, -0.1) is 0 Å². The molecule has 1 aromatic rings. The van der Waals surface area contributed by atoms with Gasteiger partial charge in [0.2, 0.25) is 5.89 Å². The monoisotopic (exact) mass is 268 g/mol. The van der Waals surface area contributed by atoms with Gasteiger partial charge in [-0.1, -0.05) is 25.9 Å². The minimum Gasteiger partial charge on any atom is -0.339 e. The maximum atomic E-state index is 5.47. The van der Waals surface area contributed by atoms with Crippen LogP contribution in [0.25, 0.3) is 0 Å². The van der Waals surface area contributed by atoms with Crippen LogP contribution in [0.1, 0.15) is 45.3 Å². The Morgan fingerprint density at radius 3 is 2.47 bits per heavy atom. The second kappa shape index (κ2) is 7.60. The van der Waals surface area contributed by atoms with Gasteiger partial charge < -0.3 is 14.7 Å². The Balaban J connectivity index is 2.74. The summed E-state index contributed by atoms with van der Waals surface area (Å²) in [4.78, 5) is 6.68. The number of hydrogen-bond donors (Lipinski definition) is 1. The van der Waals surface area contributed by atoms with Crippen molar-refractivity contribution in [1.82, 2.24) is 20.4 Å². The molecular formula is C14H28N4O.